The maximum absolute atomic E-state index is 11.9. The van der Waals surface area contributed by atoms with E-state index in [0.29, 0.717) is 27.9 Å². The fourth-order valence-corrected chi connectivity index (χ4v) is 2.58. The SMILES string of the molecule is CC(=NNC(=O)CCCC(=O)NN=C(C)c1ccc(Cl)cc1)c1ccc(Cl)cc1. The van der Waals surface area contributed by atoms with Gasteiger partial charge in [-0.05, 0) is 55.7 Å². The number of halogens is 2. The van der Waals surface area contributed by atoms with Gasteiger partial charge in [-0.2, -0.15) is 10.2 Å². The molecule has 0 aliphatic carbocycles. The van der Waals surface area contributed by atoms with E-state index in [2.05, 4.69) is 21.1 Å². The van der Waals surface area contributed by atoms with Crippen molar-refractivity contribution in [3.8, 4) is 0 Å². The van der Waals surface area contributed by atoms with Gasteiger partial charge in [0.05, 0.1) is 11.4 Å². The highest BCUT2D eigenvalue weighted by molar-refractivity contribution is 6.31. The van der Waals surface area contributed by atoms with E-state index in [9.17, 15) is 9.59 Å². The molecule has 0 fully saturated rings. The van der Waals surface area contributed by atoms with Crippen LogP contribution in [0, 0.1) is 0 Å². The van der Waals surface area contributed by atoms with Crippen LogP contribution in [-0.4, -0.2) is 23.2 Å². The van der Waals surface area contributed by atoms with Crippen molar-refractivity contribution in [2.75, 3.05) is 0 Å². The molecule has 0 aliphatic rings. The van der Waals surface area contributed by atoms with E-state index in [1.54, 1.807) is 38.1 Å². The smallest absolute Gasteiger partial charge is 0.240 e. The van der Waals surface area contributed by atoms with Gasteiger partial charge in [0.25, 0.3) is 0 Å². The lowest BCUT2D eigenvalue weighted by molar-refractivity contribution is -0.122. The third-order valence-electron chi connectivity index (χ3n) is 4.03. The molecule has 6 nitrogen and oxygen atoms in total. The fraction of sp³-hybridized carbons (Fsp3) is 0.238. The van der Waals surface area contributed by atoms with Crippen molar-refractivity contribution in [3.63, 3.8) is 0 Å². The van der Waals surface area contributed by atoms with Gasteiger partial charge in [-0.15, -0.1) is 0 Å². The lowest BCUT2D eigenvalue weighted by atomic mass is 10.1. The van der Waals surface area contributed by atoms with Crippen molar-refractivity contribution < 1.29 is 9.59 Å². The van der Waals surface area contributed by atoms with Crippen molar-refractivity contribution in [2.45, 2.75) is 33.1 Å². The number of hydrogen-bond donors (Lipinski definition) is 2. The second-order valence-electron chi connectivity index (χ2n) is 6.33. The van der Waals surface area contributed by atoms with Crippen molar-refractivity contribution in [1.82, 2.24) is 10.9 Å². The molecule has 29 heavy (non-hydrogen) atoms. The van der Waals surface area contributed by atoms with Gasteiger partial charge in [0, 0.05) is 22.9 Å². The topological polar surface area (TPSA) is 82.9 Å². The molecule has 0 saturated heterocycles. The zero-order valence-electron chi connectivity index (χ0n) is 16.2. The number of nitrogens with one attached hydrogen (secondary N) is 2. The van der Waals surface area contributed by atoms with Crippen LogP contribution in [0.25, 0.3) is 0 Å². The van der Waals surface area contributed by atoms with Crippen LogP contribution >= 0.6 is 23.2 Å². The summed E-state index contributed by atoms with van der Waals surface area (Å²) in [6.45, 7) is 3.58. The van der Waals surface area contributed by atoms with Gasteiger partial charge in [0.1, 0.15) is 0 Å². The van der Waals surface area contributed by atoms with Gasteiger partial charge in [-0.1, -0.05) is 47.5 Å². The van der Waals surface area contributed by atoms with Gasteiger partial charge < -0.3 is 0 Å². The van der Waals surface area contributed by atoms with E-state index in [-0.39, 0.29) is 24.7 Å². The molecule has 0 heterocycles. The Morgan fingerprint density at radius 1 is 0.724 bits per heavy atom. The molecule has 8 heteroatoms. The standard InChI is InChI=1S/C21H22Cl2N4O2/c1-14(16-6-10-18(22)11-7-16)24-26-20(28)4-3-5-21(29)27-25-15(2)17-8-12-19(23)13-9-17/h6-13H,3-5H2,1-2H3,(H,26,28)(H,27,29). The van der Waals surface area contributed by atoms with E-state index in [1.165, 1.54) is 0 Å². The Labute approximate surface area is 180 Å². The predicted molar refractivity (Wildman–Crippen MR) is 117 cm³/mol. The first-order chi connectivity index (χ1) is 13.8. The van der Waals surface area contributed by atoms with E-state index in [0.717, 1.165) is 11.1 Å². The summed E-state index contributed by atoms with van der Waals surface area (Å²) < 4.78 is 0. The average molecular weight is 433 g/mol. The minimum atomic E-state index is -0.257. The van der Waals surface area contributed by atoms with Crippen LogP contribution in [0.4, 0.5) is 0 Å². The average Bonchev–Trinajstić information content (AvgIpc) is 2.71. The Morgan fingerprint density at radius 3 is 1.41 bits per heavy atom. The van der Waals surface area contributed by atoms with Gasteiger partial charge in [0.15, 0.2) is 0 Å². The molecular formula is C21H22Cl2N4O2. The minimum absolute atomic E-state index is 0.185. The largest absolute Gasteiger partial charge is 0.273 e. The molecule has 0 radical (unpaired) electrons. The second-order valence-corrected chi connectivity index (χ2v) is 7.20. The second kappa shape index (κ2) is 11.3. The normalized spacial score (nSPS) is 11.9. The van der Waals surface area contributed by atoms with Crippen molar-refractivity contribution >= 4 is 46.4 Å². The van der Waals surface area contributed by atoms with Gasteiger partial charge >= 0.3 is 0 Å². The first-order valence-electron chi connectivity index (χ1n) is 9.03. The number of rotatable bonds is 8. The molecule has 2 rings (SSSR count). The highest BCUT2D eigenvalue weighted by Gasteiger charge is 2.06. The molecule has 0 spiro atoms. The molecule has 2 amide bonds. The van der Waals surface area contributed by atoms with Gasteiger partial charge in [0.2, 0.25) is 11.8 Å². The minimum Gasteiger partial charge on any atom is -0.273 e. The Balaban J connectivity index is 1.71. The molecule has 2 aromatic rings. The molecule has 0 unspecified atom stereocenters. The van der Waals surface area contributed by atoms with Crippen LogP contribution in [0.5, 0.6) is 0 Å². The highest BCUT2D eigenvalue weighted by atomic mass is 35.5. The summed E-state index contributed by atoms with van der Waals surface area (Å²) in [6, 6.07) is 14.3. The first-order valence-corrected chi connectivity index (χ1v) is 9.79. The summed E-state index contributed by atoms with van der Waals surface area (Å²) in [6.07, 6.45) is 0.762. The quantitative estimate of drug-likeness (QED) is 0.473. The monoisotopic (exact) mass is 432 g/mol. The van der Waals surface area contributed by atoms with Crippen molar-refractivity contribution in [2.24, 2.45) is 10.2 Å². The maximum Gasteiger partial charge on any atom is 0.240 e. The van der Waals surface area contributed by atoms with Gasteiger partial charge in [-0.25, -0.2) is 10.9 Å². The molecule has 2 N–H and O–H groups in total. The summed E-state index contributed by atoms with van der Waals surface area (Å²) in [5.41, 5.74) is 8.04. The molecule has 2 aromatic carbocycles. The number of carbonyl (C=O) groups is 2. The van der Waals surface area contributed by atoms with Crippen LogP contribution in [0.3, 0.4) is 0 Å². The lowest BCUT2D eigenvalue weighted by Crippen LogP contribution is -2.21. The predicted octanol–water partition coefficient (Wildman–Crippen LogP) is 4.54. The van der Waals surface area contributed by atoms with E-state index < -0.39 is 0 Å². The lowest BCUT2D eigenvalue weighted by Gasteiger charge is -2.04. The van der Waals surface area contributed by atoms with E-state index >= 15 is 0 Å². The first kappa shape index (κ1) is 22.6. The third-order valence-corrected chi connectivity index (χ3v) is 4.53. The van der Waals surface area contributed by atoms with Crippen molar-refractivity contribution in [3.05, 3.63) is 69.7 Å². The molecule has 0 aromatic heterocycles. The number of hydrazone groups is 2. The van der Waals surface area contributed by atoms with Crippen LogP contribution in [0.15, 0.2) is 58.7 Å². The zero-order valence-corrected chi connectivity index (χ0v) is 17.7. The Kier molecular flexibility index (Phi) is 8.83. The molecule has 0 atom stereocenters. The summed E-state index contributed by atoms with van der Waals surface area (Å²) in [4.78, 5) is 23.8. The molecular weight excluding hydrogens is 411 g/mol. The maximum atomic E-state index is 11.9. The number of amides is 2. The Morgan fingerprint density at radius 2 is 1.07 bits per heavy atom. The summed E-state index contributed by atoms with van der Waals surface area (Å²) in [7, 11) is 0. The molecule has 0 bridgehead atoms. The van der Waals surface area contributed by atoms with Crippen molar-refractivity contribution in [1.29, 1.82) is 0 Å². The summed E-state index contributed by atoms with van der Waals surface area (Å²) in [5.74, 6) is -0.515. The van der Waals surface area contributed by atoms with E-state index in [1.807, 2.05) is 24.3 Å². The zero-order chi connectivity index (χ0) is 21.2. The van der Waals surface area contributed by atoms with Gasteiger partial charge in [-0.3, -0.25) is 9.59 Å². The molecule has 0 aliphatic heterocycles. The van der Waals surface area contributed by atoms with E-state index in [4.69, 9.17) is 23.2 Å². The Hall–Kier alpha value is -2.70. The Bertz CT molecular complexity index is 832. The third kappa shape index (κ3) is 8.05. The molecule has 152 valence electrons. The number of carbonyl (C=O) groups excluding carboxylic acids is 2. The highest BCUT2D eigenvalue weighted by Crippen LogP contribution is 2.11. The fourth-order valence-electron chi connectivity index (χ4n) is 2.32. The molecule has 0 saturated carbocycles. The van der Waals surface area contributed by atoms with Crippen LogP contribution in [-0.2, 0) is 9.59 Å². The van der Waals surface area contributed by atoms with Crippen LogP contribution < -0.4 is 10.9 Å². The number of nitrogens with zero attached hydrogens (tertiary/aromatic N) is 2. The summed E-state index contributed by atoms with van der Waals surface area (Å²) >= 11 is 11.7. The van der Waals surface area contributed by atoms with Crippen LogP contribution in [0.1, 0.15) is 44.2 Å². The number of hydrogen-bond acceptors (Lipinski definition) is 4. The number of benzene rings is 2. The summed E-state index contributed by atoms with van der Waals surface area (Å²) in [5, 5.41) is 9.40. The van der Waals surface area contributed by atoms with Crippen LogP contribution in [0.2, 0.25) is 10.0 Å².